The Morgan fingerprint density at radius 2 is 1.97 bits per heavy atom. The average Bonchev–Trinajstić information content (AvgIpc) is 3.19. The van der Waals surface area contributed by atoms with Gasteiger partial charge in [0.15, 0.2) is 5.78 Å². The molecule has 4 heterocycles. The van der Waals surface area contributed by atoms with Gasteiger partial charge in [0.25, 0.3) is 0 Å². The van der Waals surface area contributed by atoms with Crippen LogP contribution in [0, 0.1) is 0 Å². The van der Waals surface area contributed by atoms with Gasteiger partial charge in [0.05, 0.1) is 29.5 Å². The Bertz CT molecular complexity index is 1260. The fourth-order valence-electron chi connectivity index (χ4n) is 4.00. The van der Waals surface area contributed by atoms with E-state index in [9.17, 15) is 4.79 Å². The van der Waals surface area contributed by atoms with Crippen molar-refractivity contribution in [3.05, 3.63) is 77.4 Å². The Hall–Kier alpha value is -3.38. The summed E-state index contributed by atoms with van der Waals surface area (Å²) < 4.78 is 1.76. The van der Waals surface area contributed by atoms with Crippen molar-refractivity contribution < 1.29 is 4.79 Å². The Morgan fingerprint density at radius 1 is 1.07 bits per heavy atom. The van der Waals surface area contributed by atoms with E-state index in [2.05, 4.69) is 34.2 Å². The number of benzene rings is 1. The van der Waals surface area contributed by atoms with Crippen LogP contribution in [0.3, 0.4) is 0 Å². The summed E-state index contributed by atoms with van der Waals surface area (Å²) in [6.07, 6.45) is 6.79. The molecule has 5 rings (SSSR count). The first-order valence-electron chi connectivity index (χ1n) is 10.1. The van der Waals surface area contributed by atoms with Crippen molar-refractivity contribution in [1.29, 1.82) is 0 Å². The zero-order valence-corrected chi connectivity index (χ0v) is 17.2. The van der Waals surface area contributed by atoms with Crippen molar-refractivity contribution in [2.45, 2.75) is 19.4 Å². The molecule has 0 spiro atoms. The van der Waals surface area contributed by atoms with E-state index < -0.39 is 0 Å². The van der Waals surface area contributed by atoms with Crippen LogP contribution < -0.4 is 0 Å². The zero-order valence-electron chi connectivity index (χ0n) is 17.2. The molecule has 0 atom stereocenters. The minimum absolute atomic E-state index is 0.0898. The van der Waals surface area contributed by atoms with E-state index in [0.717, 1.165) is 52.9 Å². The average molecular weight is 397 g/mol. The lowest BCUT2D eigenvalue weighted by atomic mass is 9.95. The summed E-state index contributed by atoms with van der Waals surface area (Å²) in [4.78, 5) is 24.5. The summed E-state index contributed by atoms with van der Waals surface area (Å²) in [6.45, 7) is 1.97. The number of nitrogens with zero attached hydrogens (tertiary/aromatic N) is 5. The number of Topliss-reactive ketones (excluding diaryl/α,β-unsaturated/α-hetero) is 1. The number of ketones is 1. The highest BCUT2D eigenvalue weighted by atomic mass is 16.1. The number of hydrogen-bond donors (Lipinski definition) is 0. The van der Waals surface area contributed by atoms with Crippen molar-refractivity contribution in [3.8, 4) is 11.3 Å². The van der Waals surface area contributed by atoms with Crippen LogP contribution >= 0.6 is 0 Å². The molecule has 0 saturated carbocycles. The maximum atomic E-state index is 12.9. The highest BCUT2D eigenvalue weighted by Gasteiger charge is 2.16. The van der Waals surface area contributed by atoms with E-state index in [0.29, 0.717) is 0 Å². The molecule has 0 radical (unpaired) electrons. The monoisotopic (exact) mass is 397 g/mol. The first kappa shape index (κ1) is 18.6. The minimum atomic E-state index is 0.0898. The number of hydrogen-bond acceptors (Lipinski definition) is 5. The van der Waals surface area contributed by atoms with Crippen LogP contribution in [0.25, 0.3) is 22.2 Å². The van der Waals surface area contributed by atoms with Crippen molar-refractivity contribution >= 4 is 16.7 Å². The highest BCUT2D eigenvalue weighted by molar-refractivity contribution is 5.98. The second-order valence-corrected chi connectivity index (χ2v) is 8.04. The molecule has 1 aromatic carbocycles. The molecule has 0 saturated heterocycles. The molecule has 1 aliphatic heterocycles. The second-order valence-electron chi connectivity index (χ2n) is 8.04. The molecular formula is C24H23N5O. The number of aryl methyl sites for hydroxylation is 1. The third-order valence-corrected chi connectivity index (χ3v) is 5.70. The van der Waals surface area contributed by atoms with Gasteiger partial charge in [-0.25, -0.2) is 4.98 Å². The van der Waals surface area contributed by atoms with Crippen molar-refractivity contribution in [3.63, 3.8) is 0 Å². The van der Waals surface area contributed by atoms with Crippen LogP contribution in [0.1, 0.15) is 27.2 Å². The molecule has 6 heteroatoms. The summed E-state index contributed by atoms with van der Waals surface area (Å²) in [7, 11) is 4.01. The quantitative estimate of drug-likeness (QED) is 0.494. The van der Waals surface area contributed by atoms with Gasteiger partial charge >= 0.3 is 0 Å². The lowest BCUT2D eigenvalue weighted by Crippen LogP contribution is -2.26. The van der Waals surface area contributed by atoms with Gasteiger partial charge < -0.3 is 4.90 Å². The Labute approximate surface area is 175 Å². The number of aromatic nitrogens is 4. The molecule has 1 aliphatic rings. The van der Waals surface area contributed by atoms with E-state index >= 15 is 0 Å². The number of fused-ring (bicyclic) bond motifs is 2. The van der Waals surface area contributed by atoms with Gasteiger partial charge in [-0.05, 0) is 48.9 Å². The van der Waals surface area contributed by atoms with Gasteiger partial charge in [0.2, 0.25) is 0 Å². The third kappa shape index (κ3) is 3.62. The first-order chi connectivity index (χ1) is 14.5. The van der Waals surface area contributed by atoms with E-state index in [1.54, 1.807) is 17.1 Å². The van der Waals surface area contributed by atoms with Crippen LogP contribution in [0.5, 0.6) is 0 Å². The van der Waals surface area contributed by atoms with Crippen LogP contribution in [-0.2, 0) is 26.4 Å². The SMILES string of the molecule is CN1CCc2cc(C(=O)Cc3cc4nc(-c5cnn(C)c5)ccc4cn3)ccc2C1. The molecule has 0 N–H and O–H groups in total. The number of rotatable bonds is 4. The Morgan fingerprint density at radius 3 is 2.80 bits per heavy atom. The Kier molecular flexibility index (Phi) is 4.64. The fraction of sp³-hybridized carbons (Fsp3) is 0.250. The van der Waals surface area contributed by atoms with Gasteiger partial charge in [0, 0.05) is 49.0 Å². The number of likely N-dealkylation sites (N-methyl/N-ethyl adjacent to an activating group) is 1. The molecule has 0 fully saturated rings. The van der Waals surface area contributed by atoms with E-state index in [4.69, 9.17) is 4.98 Å². The fourth-order valence-corrected chi connectivity index (χ4v) is 4.00. The summed E-state index contributed by atoms with van der Waals surface area (Å²) in [5.74, 6) is 0.0898. The van der Waals surface area contributed by atoms with E-state index in [1.165, 1.54) is 11.1 Å². The lowest BCUT2D eigenvalue weighted by molar-refractivity contribution is 0.0992. The number of carbonyl (C=O) groups is 1. The number of carbonyl (C=O) groups excluding carboxylic acids is 1. The summed E-state index contributed by atoms with van der Waals surface area (Å²) in [5.41, 5.74) is 6.76. The van der Waals surface area contributed by atoms with Gasteiger partial charge in [-0.1, -0.05) is 12.1 Å². The predicted molar refractivity (Wildman–Crippen MR) is 116 cm³/mol. The lowest BCUT2D eigenvalue weighted by Gasteiger charge is -2.25. The topological polar surface area (TPSA) is 63.9 Å². The molecule has 0 bridgehead atoms. The third-order valence-electron chi connectivity index (χ3n) is 5.70. The molecule has 0 unspecified atom stereocenters. The number of pyridine rings is 2. The molecule has 4 aromatic rings. The van der Waals surface area contributed by atoms with Crippen LogP contribution in [-0.4, -0.2) is 44.0 Å². The molecular weight excluding hydrogens is 374 g/mol. The van der Waals surface area contributed by atoms with Gasteiger partial charge in [-0.3, -0.25) is 14.5 Å². The maximum absolute atomic E-state index is 12.9. The molecule has 150 valence electrons. The molecule has 30 heavy (non-hydrogen) atoms. The smallest absolute Gasteiger partial charge is 0.168 e. The largest absolute Gasteiger partial charge is 0.302 e. The van der Waals surface area contributed by atoms with Crippen molar-refractivity contribution in [1.82, 2.24) is 24.6 Å². The van der Waals surface area contributed by atoms with Crippen LogP contribution in [0.4, 0.5) is 0 Å². The molecule has 3 aromatic heterocycles. The van der Waals surface area contributed by atoms with E-state index in [1.807, 2.05) is 37.5 Å². The van der Waals surface area contributed by atoms with Crippen LogP contribution in [0.2, 0.25) is 0 Å². The van der Waals surface area contributed by atoms with Crippen molar-refractivity contribution in [2.75, 3.05) is 13.6 Å². The first-order valence-corrected chi connectivity index (χ1v) is 10.1. The second kappa shape index (κ2) is 7.46. The van der Waals surface area contributed by atoms with Crippen LogP contribution in [0.15, 0.2) is 55.0 Å². The van der Waals surface area contributed by atoms with Crippen molar-refractivity contribution in [2.24, 2.45) is 7.05 Å². The summed E-state index contributed by atoms with van der Waals surface area (Å²) >= 11 is 0. The normalized spacial score (nSPS) is 14.1. The molecule has 6 nitrogen and oxygen atoms in total. The molecule has 0 amide bonds. The molecule has 0 aliphatic carbocycles. The Balaban J connectivity index is 1.40. The van der Waals surface area contributed by atoms with Gasteiger partial charge in [-0.15, -0.1) is 0 Å². The van der Waals surface area contributed by atoms with E-state index in [-0.39, 0.29) is 12.2 Å². The van der Waals surface area contributed by atoms with Gasteiger partial charge in [0.1, 0.15) is 0 Å². The summed E-state index contributed by atoms with van der Waals surface area (Å²) in [5, 5.41) is 5.17. The predicted octanol–water partition coefficient (Wildman–Crippen LogP) is 3.44. The standard InChI is InChI=1S/C24H23N5O/c1-28-8-7-16-9-17(3-4-19(16)14-28)24(30)11-21-10-23-18(12-25-21)5-6-22(27-23)20-13-26-29(2)15-20/h3-6,9-10,12-13,15H,7-8,11,14H2,1-2H3. The minimum Gasteiger partial charge on any atom is -0.302 e. The highest BCUT2D eigenvalue weighted by Crippen LogP contribution is 2.22. The zero-order chi connectivity index (χ0) is 20.7. The summed E-state index contributed by atoms with van der Waals surface area (Å²) in [6, 6.07) is 12.0. The van der Waals surface area contributed by atoms with Gasteiger partial charge in [-0.2, -0.15) is 5.10 Å². The maximum Gasteiger partial charge on any atom is 0.168 e.